The van der Waals surface area contributed by atoms with Crippen molar-refractivity contribution in [2.75, 3.05) is 18.4 Å². The number of carbonyl (C=O) groups excluding carboxylic acids is 1. The molecule has 5 rings (SSSR count). The summed E-state index contributed by atoms with van der Waals surface area (Å²) in [5, 5.41) is 15.2. The van der Waals surface area contributed by atoms with E-state index in [0.29, 0.717) is 29.9 Å². The highest BCUT2D eigenvalue weighted by Gasteiger charge is 2.28. The lowest BCUT2D eigenvalue weighted by molar-refractivity contribution is 0.0628. The van der Waals surface area contributed by atoms with E-state index in [4.69, 9.17) is 0 Å². The van der Waals surface area contributed by atoms with Crippen LogP contribution in [-0.4, -0.2) is 34.9 Å². The molecule has 1 aliphatic rings. The molecule has 3 aromatic carbocycles. The molecule has 170 valence electrons. The molecule has 1 saturated heterocycles. The predicted octanol–water partition coefficient (Wildman–Crippen LogP) is 5.64. The highest BCUT2D eigenvalue weighted by molar-refractivity contribution is 5.98. The number of hydrogen-bond acceptors (Lipinski definition) is 4. The monoisotopic (exact) mass is 456 g/mol. The molecule has 0 aliphatic carbocycles. The van der Waals surface area contributed by atoms with Gasteiger partial charge in [0.2, 0.25) is 0 Å². The molecule has 0 spiro atoms. The van der Waals surface area contributed by atoms with Crippen LogP contribution in [0.5, 0.6) is 0 Å². The molecule has 34 heavy (non-hydrogen) atoms. The number of likely N-dealkylation sites (tertiary alicyclic amines) is 1. The van der Waals surface area contributed by atoms with Gasteiger partial charge in [-0.15, -0.1) is 0 Å². The van der Waals surface area contributed by atoms with Gasteiger partial charge in [-0.1, -0.05) is 30.3 Å². The summed E-state index contributed by atoms with van der Waals surface area (Å²) in [5.41, 5.74) is 1.14. The van der Waals surface area contributed by atoms with Crippen LogP contribution in [0.25, 0.3) is 21.7 Å². The second-order valence-corrected chi connectivity index (χ2v) is 8.55. The maximum Gasteiger partial charge on any atom is 0.254 e. The van der Waals surface area contributed by atoms with Crippen molar-refractivity contribution in [3.05, 3.63) is 83.4 Å². The topological polar surface area (TPSA) is 69.0 Å². The maximum atomic E-state index is 13.7. The van der Waals surface area contributed by atoms with Crippen LogP contribution < -0.4 is 5.32 Å². The molecule has 2 heterocycles. The van der Waals surface area contributed by atoms with Gasteiger partial charge < -0.3 is 10.2 Å². The van der Waals surface area contributed by atoms with E-state index in [0.717, 1.165) is 42.2 Å². The first-order chi connectivity index (χ1) is 16.5. The Morgan fingerprint density at radius 3 is 2.65 bits per heavy atom. The van der Waals surface area contributed by atoms with Crippen LogP contribution in [0.15, 0.2) is 60.7 Å². The van der Waals surface area contributed by atoms with Gasteiger partial charge in [-0.2, -0.15) is 5.26 Å². The van der Waals surface area contributed by atoms with Gasteiger partial charge in [-0.25, -0.2) is 13.8 Å². The molecule has 5 nitrogen and oxygen atoms in total. The fourth-order valence-electron chi connectivity index (χ4n) is 4.57. The molecule has 0 bridgehead atoms. The molecular formula is C27H22F2N4O. The number of rotatable bonds is 4. The van der Waals surface area contributed by atoms with Crippen molar-refractivity contribution in [2.45, 2.75) is 25.3 Å². The molecular weight excluding hydrogens is 434 g/mol. The average Bonchev–Trinajstić information content (AvgIpc) is 2.87. The summed E-state index contributed by atoms with van der Waals surface area (Å²) in [6.45, 7) is 1.05. The minimum atomic E-state index is -0.991. The van der Waals surface area contributed by atoms with E-state index in [-0.39, 0.29) is 23.0 Å². The highest BCUT2D eigenvalue weighted by Crippen LogP contribution is 2.25. The summed E-state index contributed by atoms with van der Waals surface area (Å²) in [5.74, 6) is -1.70. The van der Waals surface area contributed by atoms with Crippen molar-refractivity contribution < 1.29 is 13.6 Å². The van der Waals surface area contributed by atoms with Gasteiger partial charge in [0, 0.05) is 36.1 Å². The first-order valence-corrected chi connectivity index (χ1v) is 11.3. The van der Waals surface area contributed by atoms with Crippen molar-refractivity contribution >= 4 is 33.4 Å². The molecule has 1 aromatic heterocycles. The number of anilines is 1. The first-order valence-electron chi connectivity index (χ1n) is 11.3. The van der Waals surface area contributed by atoms with Gasteiger partial charge in [0.25, 0.3) is 5.91 Å². The Labute approximate surface area is 195 Å². The lowest BCUT2D eigenvalue weighted by Gasteiger charge is -2.36. The number of benzene rings is 3. The lowest BCUT2D eigenvalue weighted by Crippen LogP contribution is -2.47. The third kappa shape index (κ3) is 4.15. The fraction of sp³-hybridized carbons (Fsp3) is 0.222. The van der Waals surface area contributed by atoms with Crippen molar-refractivity contribution in [2.24, 2.45) is 0 Å². The van der Waals surface area contributed by atoms with Crippen LogP contribution in [0.2, 0.25) is 0 Å². The maximum absolute atomic E-state index is 13.7. The number of carbonyl (C=O) groups is 1. The van der Waals surface area contributed by atoms with Crippen LogP contribution in [0.4, 0.5) is 14.6 Å². The second-order valence-electron chi connectivity index (χ2n) is 8.55. The Kier molecular flexibility index (Phi) is 5.81. The molecule has 0 radical (unpaired) electrons. The van der Waals surface area contributed by atoms with Gasteiger partial charge in [0.1, 0.15) is 11.9 Å². The van der Waals surface area contributed by atoms with E-state index in [2.05, 4.69) is 16.4 Å². The van der Waals surface area contributed by atoms with E-state index in [1.165, 1.54) is 6.07 Å². The SMILES string of the molecule is N#Cc1cc2cc(F)c(F)cc2nc1NC[C@@H]1CCCCN1C(=O)c1ccc2ccccc2c1. The largest absolute Gasteiger partial charge is 0.367 e. The van der Waals surface area contributed by atoms with Crippen LogP contribution in [0, 0.1) is 23.0 Å². The summed E-state index contributed by atoms with van der Waals surface area (Å²) in [4.78, 5) is 19.6. The number of fused-ring (bicyclic) bond motifs is 2. The molecule has 4 aromatic rings. The van der Waals surface area contributed by atoms with Crippen LogP contribution in [0.3, 0.4) is 0 Å². The minimum Gasteiger partial charge on any atom is -0.367 e. The number of halogens is 2. The number of amides is 1. The van der Waals surface area contributed by atoms with E-state index in [1.54, 1.807) is 0 Å². The quantitative estimate of drug-likeness (QED) is 0.431. The zero-order valence-electron chi connectivity index (χ0n) is 18.4. The Balaban J connectivity index is 1.38. The van der Waals surface area contributed by atoms with E-state index in [1.807, 2.05) is 47.4 Å². The summed E-state index contributed by atoms with van der Waals surface area (Å²) in [7, 11) is 0. The Bertz CT molecular complexity index is 1450. The zero-order chi connectivity index (χ0) is 23.7. The van der Waals surface area contributed by atoms with E-state index < -0.39 is 11.6 Å². The third-order valence-corrected chi connectivity index (χ3v) is 6.37. The number of hydrogen-bond donors (Lipinski definition) is 1. The molecule has 0 unspecified atom stereocenters. The highest BCUT2D eigenvalue weighted by atomic mass is 19.2. The minimum absolute atomic E-state index is 0.0261. The smallest absolute Gasteiger partial charge is 0.254 e. The number of nitrogens with one attached hydrogen (secondary N) is 1. The Hall–Kier alpha value is -4.05. The summed E-state index contributed by atoms with van der Waals surface area (Å²) in [6, 6.07) is 19.2. The van der Waals surface area contributed by atoms with E-state index in [9.17, 15) is 18.8 Å². The third-order valence-electron chi connectivity index (χ3n) is 6.37. The van der Waals surface area contributed by atoms with Crippen LogP contribution >= 0.6 is 0 Å². The molecule has 7 heteroatoms. The average molecular weight is 456 g/mol. The molecule has 1 N–H and O–H groups in total. The lowest BCUT2D eigenvalue weighted by atomic mass is 9.99. The molecule has 1 aliphatic heterocycles. The van der Waals surface area contributed by atoms with Gasteiger partial charge >= 0.3 is 0 Å². The number of aromatic nitrogens is 1. The van der Waals surface area contributed by atoms with E-state index >= 15 is 0 Å². The number of nitriles is 1. The predicted molar refractivity (Wildman–Crippen MR) is 127 cm³/mol. The van der Waals surface area contributed by atoms with Gasteiger partial charge in [-0.05, 0) is 54.3 Å². The van der Waals surface area contributed by atoms with Crippen molar-refractivity contribution in [3.8, 4) is 6.07 Å². The number of nitrogens with zero attached hydrogens (tertiary/aromatic N) is 3. The summed E-state index contributed by atoms with van der Waals surface area (Å²) >= 11 is 0. The van der Waals surface area contributed by atoms with Gasteiger partial charge in [0.05, 0.1) is 11.1 Å². The summed E-state index contributed by atoms with van der Waals surface area (Å²) < 4.78 is 27.3. The Morgan fingerprint density at radius 1 is 1.03 bits per heavy atom. The standard InChI is InChI=1S/C27H22F2N4O/c28-23-13-20-12-21(15-30)26(32-25(20)14-24(23)29)31-16-22-7-3-4-10-33(22)27(34)19-9-8-17-5-1-2-6-18(17)11-19/h1-2,5-6,8-9,11-14,22H,3-4,7,10,16H2,(H,31,32)/t22-/m0/s1. The Morgan fingerprint density at radius 2 is 1.82 bits per heavy atom. The van der Waals surface area contributed by atoms with Crippen LogP contribution in [0.1, 0.15) is 35.2 Å². The van der Waals surface area contributed by atoms with Crippen LogP contribution in [-0.2, 0) is 0 Å². The zero-order valence-corrected chi connectivity index (χ0v) is 18.4. The molecule has 1 fully saturated rings. The van der Waals surface area contributed by atoms with Gasteiger partial charge in [0.15, 0.2) is 11.6 Å². The molecule has 1 atom stereocenters. The second kappa shape index (κ2) is 9.06. The number of pyridine rings is 1. The number of piperidine rings is 1. The summed E-state index contributed by atoms with van der Waals surface area (Å²) in [6.07, 6.45) is 2.74. The first kappa shape index (κ1) is 21.8. The molecule has 0 saturated carbocycles. The van der Waals surface area contributed by atoms with Crippen molar-refractivity contribution in [1.29, 1.82) is 5.26 Å². The molecule has 1 amide bonds. The normalized spacial score (nSPS) is 15.9. The van der Waals surface area contributed by atoms with Crippen molar-refractivity contribution in [3.63, 3.8) is 0 Å². The van der Waals surface area contributed by atoms with Gasteiger partial charge in [-0.3, -0.25) is 4.79 Å². The van der Waals surface area contributed by atoms with Crippen molar-refractivity contribution in [1.82, 2.24) is 9.88 Å². The fourth-order valence-corrected chi connectivity index (χ4v) is 4.57.